The summed E-state index contributed by atoms with van der Waals surface area (Å²) in [5.74, 6) is 0.971. The maximum Gasteiger partial charge on any atom is 0.271 e. The van der Waals surface area contributed by atoms with Crippen molar-refractivity contribution in [3.8, 4) is 0 Å². The van der Waals surface area contributed by atoms with E-state index in [9.17, 15) is 4.79 Å². The van der Waals surface area contributed by atoms with Gasteiger partial charge in [-0.25, -0.2) is 0 Å². The molecule has 98 valence electrons. The van der Waals surface area contributed by atoms with Gasteiger partial charge in [-0.15, -0.1) is 0 Å². The van der Waals surface area contributed by atoms with Gasteiger partial charge in [0.25, 0.3) is 5.91 Å². The number of H-pyrrole nitrogens is 1. The monoisotopic (exact) mass is 249 g/mol. The Hall–Kier alpha value is -1.36. The van der Waals surface area contributed by atoms with Crippen molar-refractivity contribution in [1.82, 2.24) is 15.5 Å². The van der Waals surface area contributed by atoms with Crippen LogP contribution in [0.15, 0.2) is 6.07 Å². The third-order valence-corrected chi connectivity index (χ3v) is 3.65. The molecule has 5 nitrogen and oxygen atoms in total. The van der Waals surface area contributed by atoms with Crippen LogP contribution in [0.2, 0.25) is 0 Å². The Labute approximate surface area is 106 Å². The van der Waals surface area contributed by atoms with Crippen molar-refractivity contribution in [3.05, 3.63) is 17.5 Å². The molecule has 1 aromatic heterocycles. The van der Waals surface area contributed by atoms with E-state index in [1.807, 2.05) is 6.07 Å². The summed E-state index contributed by atoms with van der Waals surface area (Å²) in [7, 11) is 0. The van der Waals surface area contributed by atoms with Crippen LogP contribution in [0, 0.1) is 5.92 Å². The number of rotatable bonds is 4. The van der Waals surface area contributed by atoms with E-state index in [4.69, 9.17) is 4.74 Å². The Morgan fingerprint density at radius 2 is 2.39 bits per heavy atom. The number of nitrogens with one attached hydrogen (secondary N) is 2. The lowest BCUT2D eigenvalue weighted by Crippen LogP contribution is -2.33. The second-order valence-electron chi connectivity index (χ2n) is 5.28. The van der Waals surface area contributed by atoms with Crippen molar-refractivity contribution in [3.63, 3.8) is 0 Å². The van der Waals surface area contributed by atoms with Gasteiger partial charge in [0.2, 0.25) is 0 Å². The normalized spacial score (nSPS) is 23.9. The Morgan fingerprint density at radius 3 is 3.11 bits per heavy atom. The largest absolute Gasteiger partial charge is 0.381 e. The zero-order chi connectivity index (χ0) is 12.4. The van der Waals surface area contributed by atoms with Crippen LogP contribution >= 0.6 is 0 Å². The molecule has 1 aromatic rings. The summed E-state index contributed by atoms with van der Waals surface area (Å²) in [5.41, 5.74) is 1.61. The number of ether oxygens (including phenoxy) is 1. The van der Waals surface area contributed by atoms with Crippen molar-refractivity contribution in [1.29, 1.82) is 0 Å². The van der Waals surface area contributed by atoms with E-state index >= 15 is 0 Å². The van der Waals surface area contributed by atoms with E-state index in [1.54, 1.807) is 0 Å². The molecule has 1 saturated carbocycles. The molecule has 0 spiro atoms. The van der Waals surface area contributed by atoms with E-state index in [1.165, 1.54) is 12.8 Å². The zero-order valence-corrected chi connectivity index (χ0v) is 10.4. The van der Waals surface area contributed by atoms with Crippen LogP contribution in [0.1, 0.15) is 47.8 Å². The first-order valence-electron chi connectivity index (χ1n) is 6.74. The maximum absolute atomic E-state index is 11.9. The first-order chi connectivity index (χ1) is 8.83. The molecular formula is C13H19N3O2. The van der Waals surface area contributed by atoms with Gasteiger partial charge in [0.15, 0.2) is 0 Å². The molecule has 0 aromatic carbocycles. The van der Waals surface area contributed by atoms with E-state index in [-0.39, 0.29) is 5.91 Å². The summed E-state index contributed by atoms with van der Waals surface area (Å²) in [6, 6.07) is 1.88. The van der Waals surface area contributed by atoms with E-state index in [0.717, 1.165) is 31.7 Å². The van der Waals surface area contributed by atoms with Crippen molar-refractivity contribution in [2.24, 2.45) is 5.92 Å². The maximum atomic E-state index is 11.9. The highest BCUT2D eigenvalue weighted by Crippen LogP contribution is 2.38. The van der Waals surface area contributed by atoms with Gasteiger partial charge in [-0.3, -0.25) is 9.89 Å². The minimum atomic E-state index is -0.0799. The van der Waals surface area contributed by atoms with Crippen LogP contribution in [-0.4, -0.2) is 35.9 Å². The molecule has 2 N–H and O–H groups in total. The Balaban J connectivity index is 1.50. The smallest absolute Gasteiger partial charge is 0.271 e. The quantitative estimate of drug-likeness (QED) is 0.848. The van der Waals surface area contributed by atoms with Crippen LogP contribution in [0.3, 0.4) is 0 Å². The highest BCUT2D eigenvalue weighted by Gasteiger charge is 2.26. The lowest BCUT2D eigenvalue weighted by molar-refractivity contribution is 0.0535. The number of aromatic nitrogens is 2. The fourth-order valence-electron chi connectivity index (χ4n) is 2.35. The summed E-state index contributed by atoms with van der Waals surface area (Å²) >= 11 is 0. The fourth-order valence-corrected chi connectivity index (χ4v) is 2.35. The molecule has 0 bridgehead atoms. The molecule has 1 saturated heterocycles. The second kappa shape index (κ2) is 5.10. The SMILES string of the molecule is O=C(NC[C@@H]1CCCOC1)c1cc(C2CC2)[nH]n1. The molecule has 1 aliphatic carbocycles. The van der Waals surface area contributed by atoms with Crippen LogP contribution in [0.25, 0.3) is 0 Å². The number of carbonyl (C=O) groups is 1. The molecule has 3 rings (SSSR count). The van der Waals surface area contributed by atoms with Crippen molar-refractivity contribution in [2.45, 2.75) is 31.6 Å². The minimum absolute atomic E-state index is 0.0799. The highest BCUT2D eigenvalue weighted by atomic mass is 16.5. The average molecular weight is 249 g/mol. The van der Waals surface area contributed by atoms with Crippen molar-refractivity contribution < 1.29 is 9.53 Å². The van der Waals surface area contributed by atoms with Gasteiger partial charge in [0.1, 0.15) is 5.69 Å². The molecule has 18 heavy (non-hydrogen) atoms. The Kier molecular flexibility index (Phi) is 3.32. The lowest BCUT2D eigenvalue weighted by Gasteiger charge is -2.21. The molecule has 0 radical (unpaired) electrons. The van der Waals surface area contributed by atoms with Gasteiger partial charge in [-0.05, 0) is 37.7 Å². The highest BCUT2D eigenvalue weighted by molar-refractivity contribution is 5.92. The molecule has 1 atom stereocenters. The zero-order valence-electron chi connectivity index (χ0n) is 10.4. The molecule has 5 heteroatoms. The minimum Gasteiger partial charge on any atom is -0.381 e. The summed E-state index contributed by atoms with van der Waals surface area (Å²) in [5, 5.41) is 9.96. The average Bonchev–Trinajstić information content (AvgIpc) is 3.15. The Morgan fingerprint density at radius 1 is 1.50 bits per heavy atom. The molecule has 2 fully saturated rings. The van der Waals surface area contributed by atoms with Crippen LogP contribution in [0.4, 0.5) is 0 Å². The van der Waals surface area contributed by atoms with Gasteiger partial charge in [-0.1, -0.05) is 0 Å². The third-order valence-electron chi connectivity index (χ3n) is 3.65. The molecule has 1 amide bonds. The van der Waals surface area contributed by atoms with Gasteiger partial charge >= 0.3 is 0 Å². The number of nitrogens with zero attached hydrogens (tertiary/aromatic N) is 1. The number of aromatic amines is 1. The lowest BCUT2D eigenvalue weighted by atomic mass is 10.0. The number of hydrogen-bond acceptors (Lipinski definition) is 3. The van der Waals surface area contributed by atoms with Gasteiger partial charge in [-0.2, -0.15) is 5.10 Å². The first-order valence-corrected chi connectivity index (χ1v) is 6.74. The topological polar surface area (TPSA) is 67.0 Å². The Bertz CT molecular complexity index is 420. The summed E-state index contributed by atoms with van der Waals surface area (Å²) in [6.07, 6.45) is 4.65. The standard InChI is InChI=1S/C13H19N3O2/c17-13(14-7-9-2-1-5-18-8-9)12-6-11(15-16-12)10-3-4-10/h6,9-10H,1-5,7-8H2,(H,14,17)(H,15,16)/t9-/m0/s1. The fraction of sp³-hybridized carbons (Fsp3) is 0.692. The predicted octanol–water partition coefficient (Wildman–Crippen LogP) is 1.44. The van der Waals surface area contributed by atoms with Crippen LogP contribution in [-0.2, 0) is 4.74 Å². The van der Waals surface area contributed by atoms with Crippen molar-refractivity contribution >= 4 is 5.91 Å². The van der Waals surface area contributed by atoms with Crippen molar-refractivity contribution in [2.75, 3.05) is 19.8 Å². The molecule has 2 aliphatic rings. The number of amides is 1. The summed E-state index contributed by atoms with van der Waals surface area (Å²) in [6.45, 7) is 2.30. The van der Waals surface area contributed by atoms with E-state index in [2.05, 4.69) is 15.5 Å². The third kappa shape index (κ3) is 2.72. The number of carbonyl (C=O) groups excluding carboxylic acids is 1. The molecule has 2 heterocycles. The van der Waals surface area contributed by atoms with Gasteiger partial charge in [0, 0.05) is 24.8 Å². The summed E-state index contributed by atoms with van der Waals surface area (Å²) in [4.78, 5) is 11.9. The van der Waals surface area contributed by atoms with E-state index in [0.29, 0.717) is 24.1 Å². The van der Waals surface area contributed by atoms with Gasteiger partial charge < -0.3 is 10.1 Å². The molecule has 1 aliphatic heterocycles. The van der Waals surface area contributed by atoms with Crippen LogP contribution in [0.5, 0.6) is 0 Å². The van der Waals surface area contributed by atoms with E-state index < -0.39 is 0 Å². The number of hydrogen-bond donors (Lipinski definition) is 2. The first kappa shape index (κ1) is 11.7. The van der Waals surface area contributed by atoms with Gasteiger partial charge in [0.05, 0.1) is 6.61 Å². The van der Waals surface area contributed by atoms with Crippen LogP contribution < -0.4 is 5.32 Å². The summed E-state index contributed by atoms with van der Waals surface area (Å²) < 4.78 is 5.39. The molecular weight excluding hydrogens is 230 g/mol. The second-order valence-corrected chi connectivity index (χ2v) is 5.28. The predicted molar refractivity (Wildman–Crippen MR) is 66.4 cm³/mol. The molecule has 0 unspecified atom stereocenters.